The van der Waals surface area contributed by atoms with Crippen LogP contribution in [0.2, 0.25) is 0 Å². The highest BCUT2D eigenvalue weighted by Gasteiger charge is 2.61. The summed E-state index contributed by atoms with van der Waals surface area (Å²) >= 11 is 0. The molecule has 28 heavy (non-hydrogen) atoms. The SMILES string of the molecule is CCc1ccc(NC(=O)N2CC[C@@]3(C[C@@H]3C(=O)NCc3ccncc3)C2)cc1. The van der Waals surface area contributed by atoms with E-state index in [9.17, 15) is 9.59 Å². The molecular weight excluding hydrogens is 352 g/mol. The van der Waals surface area contributed by atoms with E-state index in [1.807, 2.05) is 41.3 Å². The van der Waals surface area contributed by atoms with Crippen LogP contribution in [0.4, 0.5) is 10.5 Å². The van der Waals surface area contributed by atoms with Crippen LogP contribution in [-0.4, -0.2) is 34.9 Å². The van der Waals surface area contributed by atoms with Gasteiger partial charge in [0.25, 0.3) is 0 Å². The zero-order valence-corrected chi connectivity index (χ0v) is 16.1. The number of carbonyl (C=O) groups excluding carboxylic acids is 2. The number of benzene rings is 1. The predicted molar refractivity (Wildman–Crippen MR) is 108 cm³/mol. The number of nitrogens with zero attached hydrogens (tertiary/aromatic N) is 2. The fourth-order valence-electron chi connectivity index (χ4n) is 4.08. The van der Waals surface area contributed by atoms with Crippen molar-refractivity contribution in [3.63, 3.8) is 0 Å². The van der Waals surface area contributed by atoms with Gasteiger partial charge in [-0.15, -0.1) is 0 Å². The average molecular weight is 378 g/mol. The molecule has 0 radical (unpaired) electrons. The van der Waals surface area contributed by atoms with Gasteiger partial charge in [-0.3, -0.25) is 9.78 Å². The zero-order chi connectivity index (χ0) is 19.6. The van der Waals surface area contributed by atoms with Crippen LogP contribution in [0, 0.1) is 11.3 Å². The van der Waals surface area contributed by atoms with Crippen LogP contribution in [0.5, 0.6) is 0 Å². The predicted octanol–water partition coefficient (Wildman–Crippen LogP) is 3.20. The summed E-state index contributed by atoms with van der Waals surface area (Å²) in [5, 5.41) is 5.99. The third-order valence-corrected chi connectivity index (χ3v) is 6.01. The second kappa shape index (κ2) is 7.62. The van der Waals surface area contributed by atoms with Crippen LogP contribution in [-0.2, 0) is 17.8 Å². The lowest BCUT2D eigenvalue weighted by atomic mass is 10.0. The minimum atomic E-state index is -0.0797. The molecule has 2 aliphatic rings. The van der Waals surface area contributed by atoms with Gasteiger partial charge in [-0.2, -0.15) is 0 Å². The first kappa shape index (κ1) is 18.5. The molecule has 1 saturated carbocycles. The van der Waals surface area contributed by atoms with Crippen molar-refractivity contribution in [2.24, 2.45) is 11.3 Å². The quantitative estimate of drug-likeness (QED) is 0.839. The maximum absolute atomic E-state index is 12.6. The van der Waals surface area contributed by atoms with Gasteiger partial charge < -0.3 is 15.5 Å². The largest absolute Gasteiger partial charge is 0.352 e. The second-order valence-electron chi connectivity index (χ2n) is 7.84. The number of urea groups is 1. The molecule has 2 N–H and O–H groups in total. The van der Waals surface area contributed by atoms with Crippen molar-refractivity contribution in [1.82, 2.24) is 15.2 Å². The summed E-state index contributed by atoms with van der Waals surface area (Å²) in [6.45, 7) is 3.98. The van der Waals surface area contributed by atoms with Crippen molar-refractivity contribution in [2.75, 3.05) is 18.4 Å². The molecule has 1 aliphatic heterocycles. The van der Waals surface area contributed by atoms with E-state index >= 15 is 0 Å². The first-order valence-corrected chi connectivity index (χ1v) is 9.91. The van der Waals surface area contributed by atoms with E-state index in [0.29, 0.717) is 19.6 Å². The number of hydrogen-bond acceptors (Lipinski definition) is 3. The molecule has 2 heterocycles. The van der Waals surface area contributed by atoms with Gasteiger partial charge >= 0.3 is 6.03 Å². The first-order chi connectivity index (χ1) is 13.6. The highest BCUT2D eigenvalue weighted by Crippen LogP contribution is 2.58. The van der Waals surface area contributed by atoms with Gasteiger partial charge in [0.15, 0.2) is 0 Å². The number of rotatable bonds is 5. The van der Waals surface area contributed by atoms with Crippen LogP contribution < -0.4 is 10.6 Å². The Hall–Kier alpha value is -2.89. The Morgan fingerprint density at radius 1 is 1.14 bits per heavy atom. The van der Waals surface area contributed by atoms with Crippen molar-refractivity contribution in [1.29, 1.82) is 0 Å². The smallest absolute Gasteiger partial charge is 0.321 e. The fourth-order valence-corrected chi connectivity index (χ4v) is 4.08. The number of likely N-dealkylation sites (tertiary alicyclic amines) is 1. The molecule has 4 rings (SSSR count). The van der Waals surface area contributed by atoms with Gasteiger partial charge in [-0.25, -0.2) is 4.79 Å². The molecule has 3 amide bonds. The number of amides is 3. The maximum atomic E-state index is 12.6. The third-order valence-electron chi connectivity index (χ3n) is 6.01. The lowest BCUT2D eigenvalue weighted by molar-refractivity contribution is -0.123. The Kier molecular flexibility index (Phi) is 5.03. The van der Waals surface area contributed by atoms with E-state index in [-0.39, 0.29) is 23.3 Å². The molecule has 6 nitrogen and oxygen atoms in total. The minimum Gasteiger partial charge on any atom is -0.352 e. The molecule has 6 heteroatoms. The Morgan fingerprint density at radius 3 is 2.61 bits per heavy atom. The van der Waals surface area contributed by atoms with E-state index in [4.69, 9.17) is 0 Å². The van der Waals surface area contributed by atoms with Gasteiger partial charge in [0.2, 0.25) is 5.91 Å². The summed E-state index contributed by atoms with van der Waals surface area (Å²) in [4.78, 5) is 30.9. The van der Waals surface area contributed by atoms with Gasteiger partial charge in [-0.05, 0) is 54.7 Å². The summed E-state index contributed by atoms with van der Waals surface area (Å²) in [5.74, 6) is 0.102. The topological polar surface area (TPSA) is 74.3 Å². The van der Waals surface area contributed by atoms with Gasteiger partial charge in [-0.1, -0.05) is 19.1 Å². The van der Waals surface area contributed by atoms with Gasteiger partial charge in [0.05, 0.1) is 0 Å². The lowest BCUT2D eigenvalue weighted by Gasteiger charge is -2.18. The number of anilines is 1. The summed E-state index contributed by atoms with van der Waals surface area (Å²) in [5.41, 5.74) is 3.06. The molecule has 2 aromatic rings. The summed E-state index contributed by atoms with van der Waals surface area (Å²) in [6.07, 6.45) is 6.19. The van der Waals surface area contributed by atoms with Crippen LogP contribution in [0.1, 0.15) is 30.9 Å². The van der Waals surface area contributed by atoms with E-state index in [1.165, 1.54) is 5.56 Å². The molecule has 1 saturated heterocycles. The van der Waals surface area contributed by atoms with Gasteiger partial charge in [0.1, 0.15) is 0 Å². The molecule has 1 aromatic carbocycles. The molecule has 1 aliphatic carbocycles. The minimum absolute atomic E-state index is 0.0102. The lowest BCUT2D eigenvalue weighted by Crippen LogP contribution is -2.34. The molecular formula is C22H26N4O2. The zero-order valence-electron chi connectivity index (χ0n) is 16.1. The van der Waals surface area contributed by atoms with Gasteiger partial charge in [0, 0.05) is 49.0 Å². The Labute approximate surface area is 165 Å². The van der Waals surface area contributed by atoms with Crippen molar-refractivity contribution < 1.29 is 9.59 Å². The Bertz CT molecular complexity index is 853. The number of pyridine rings is 1. The highest BCUT2D eigenvalue weighted by molar-refractivity contribution is 5.90. The third kappa shape index (κ3) is 3.86. The van der Waals surface area contributed by atoms with Crippen LogP contribution >= 0.6 is 0 Å². The van der Waals surface area contributed by atoms with Crippen molar-refractivity contribution >= 4 is 17.6 Å². The standard InChI is InChI=1S/C22H26N4O2/c1-2-16-3-5-18(6-4-16)25-21(28)26-12-9-22(15-26)13-19(22)20(27)24-14-17-7-10-23-11-8-17/h3-8,10-11,19H,2,9,12-15H2,1H3,(H,24,27)(H,25,28)/t19-,22-/m1/s1. The molecule has 1 spiro atoms. The number of aromatic nitrogens is 1. The molecule has 1 aromatic heterocycles. The number of aryl methyl sites for hydroxylation is 1. The summed E-state index contributed by atoms with van der Waals surface area (Å²) < 4.78 is 0. The van der Waals surface area contributed by atoms with Crippen molar-refractivity contribution in [3.05, 3.63) is 59.9 Å². The van der Waals surface area contributed by atoms with Crippen LogP contribution in [0.25, 0.3) is 0 Å². The highest BCUT2D eigenvalue weighted by atomic mass is 16.2. The number of nitrogens with one attached hydrogen (secondary N) is 2. The Morgan fingerprint density at radius 2 is 1.89 bits per heavy atom. The van der Waals surface area contributed by atoms with Crippen LogP contribution in [0.15, 0.2) is 48.8 Å². The number of hydrogen-bond donors (Lipinski definition) is 2. The normalized spacial score (nSPS) is 22.9. The van der Waals surface area contributed by atoms with E-state index in [0.717, 1.165) is 30.5 Å². The summed E-state index contributed by atoms with van der Waals surface area (Å²) in [7, 11) is 0. The van der Waals surface area contributed by atoms with E-state index in [2.05, 4.69) is 22.5 Å². The average Bonchev–Trinajstić information content (AvgIpc) is 3.26. The monoisotopic (exact) mass is 378 g/mol. The first-order valence-electron chi connectivity index (χ1n) is 9.91. The fraction of sp³-hybridized carbons (Fsp3) is 0.409. The second-order valence-corrected chi connectivity index (χ2v) is 7.84. The Balaban J connectivity index is 1.27. The molecule has 146 valence electrons. The van der Waals surface area contributed by atoms with E-state index in [1.54, 1.807) is 12.4 Å². The number of carbonyl (C=O) groups is 2. The van der Waals surface area contributed by atoms with Crippen molar-refractivity contribution in [2.45, 2.75) is 32.7 Å². The van der Waals surface area contributed by atoms with Crippen molar-refractivity contribution in [3.8, 4) is 0 Å². The van der Waals surface area contributed by atoms with E-state index < -0.39 is 0 Å². The maximum Gasteiger partial charge on any atom is 0.321 e. The van der Waals surface area contributed by atoms with Crippen LogP contribution in [0.3, 0.4) is 0 Å². The molecule has 0 unspecified atom stereocenters. The molecule has 0 bridgehead atoms. The summed E-state index contributed by atoms with van der Waals surface area (Å²) in [6, 6.07) is 11.7. The molecule has 2 atom stereocenters. The molecule has 2 fully saturated rings.